The van der Waals surface area contributed by atoms with Crippen molar-refractivity contribution >= 4 is 11.9 Å². The maximum Gasteiger partial charge on any atom is 0.305 e. The van der Waals surface area contributed by atoms with E-state index in [-0.39, 0.29) is 5.97 Å². The van der Waals surface area contributed by atoms with Crippen molar-refractivity contribution in [3.63, 3.8) is 0 Å². The molecular weight excluding hydrogens is 406 g/mol. The van der Waals surface area contributed by atoms with Gasteiger partial charge in [0.2, 0.25) is 0 Å². The number of hydrogen-bond acceptors (Lipinski definition) is 5. The van der Waals surface area contributed by atoms with Crippen molar-refractivity contribution in [3.05, 3.63) is 29.3 Å². The van der Waals surface area contributed by atoms with E-state index in [2.05, 4.69) is 42.7 Å². The predicted octanol–water partition coefficient (Wildman–Crippen LogP) is 3.98. The molecule has 1 aromatic rings. The molecule has 0 radical (unpaired) electrons. The number of esters is 1. The molecule has 0 saturated carbocycles. The number of carbonyl (C=O) groups is 1. The summed E-state index contributed by atoms with van der Waals surface area (Å²) in [7, 11) is 0. The lowest BCUT2D eigenvalue weighted by Crippen LogP contribution is -2.37. The maximum atomic E-state index is 11.4. The number of unbranched alkanes of at least 4 members (excludes halogenated alkanes) is 3. The second-order valence-corrected chi connectivity index (χ2v) is 8.24. The third kappa shape index (κ3) is 10.4. The molecule has 0 spiro atoms. The molecule has 180 valence electrons. The summed E-state index contributed by atoms with van der Waals surface area (Å²) < 4.78 is 16.6. The van der Waals surface area contributed by atoms with Crippen LogP contribution in [0.4, 0.5) is 0 Å². The third-order valence-corrected chi connectivity index (χ3v) is 5.38. The van der Waals surface area contributed by atoms with Crippen LogP contribution in [0.1, 0.15) is 63.5 Å². The lowest BCUT2D eigenvalue weighted by atomic mass is 10.1. The molecule has 0 bridgehead atoms. The third-order valence-electron chi connectivity index (χ3n) is 5.38. The lowest BCUT2D eigenvalue weighted by molar-refractivity contribution is -0.143. The molecule has 1 aromatic carbocycles. The van der Waals surface area contributed by atoms with Crippen LogP contribution in [0.15, 0.2) is 23.2 Å². The summed E-state index contributed by atoms with van der Waals surface area (Å²) in [6.07, 6.45) is 5.61. The van der Waals surface area contributed by atoms with E-state index < -0.39 is 0 Å². The minimum Gasteiger partial charge on any atom is -0.493 e. The molecule has 2 N–H and O–H groups in total. The molecule has 7 nitrogen and oxygen atoms in total. The molecule has 0 amide bonds. The Labute approximate surface area is 193 Å². The van der Waals surface area contributed by atoms with Crippen molar-refractivity contribution in [1.29, 1.82) is 0 Å². The van der Waals surface area contributed by atoms with Crippen molar-refractivity contribution in [1.82, 2.24) is 10.6 Å². The van der Waals surface area contributed by atoms with Gasteiger partial charge in [-0.25, -0.2) is 4.99 Å². The highest BCUT2D eigenvalue weighted by Crippen LogP contribution is 2.23. The summed E-state index contributed by atoms with van der Waals surface area (Å²) in [5.41, 5.74) is 2.27. The second kappa shape index (κ2) is 15.5. The zero-order valence-electron chi connectivity index (χ0n) is 20.1. The number of carbonyl (C=O) groups excluding carboxylic acids is 1. The fourth-order valence-electron chi connectivity index (χ4n) is 3.54. The largest absolute Gasteiger partial charge is 0.493 e. The Kier molecular flexibility index (Phi) is 12.6. The SMILES string of the molecule is CCNC(=NCc1ccc(C)cc1OCC1CCOC1)NCCCCCCC(=O)OCC. The summed E-state index contributed by atoms with van der Waals surface area (Å²) in [4.78, 5) is 16.1. The first-order valence-corrected chi connectivity index (χ1v) is 12.1. The van der Waals surface area contributed by atoms with E-state index in [9.17, 15) is 4.79 Å². The van der Waals surface area contributed by atoms with E-state index in [1.807, 2.05) is 6.92 Å². The van der Waals surface area contributed by atoms with Gasteiger partial charge in [0.1, 0.15) is 5.75 Å². The Balaban J connectivity index is 1.77. The van der Waals surface area contributed by atoms with Gasteiger partial charge in [0.05, 0.1) is 26.4 Å². The van der Waals surface area contributed by atoms with Crippen LogP contribution < -0.4 is 15.4 Å². The van der Waals surface area contributed by atoms with Crippen LogP contribution in [0.5, 0.6) is 5.75 Å². The molecule has 1 heterocycles. The van der Waals surface area contributed by atoms with Crippen molar-refractivity contribution in [2.24, 2.45) is 10.9 Å². The summed E-state index contributed by atoms with van der Waals surface area (Å²) in [5.74, 6) is 2.11. The van der Waals surface area contributed by atoms with Crippen LogP contribution in [0, 0.1) is 12.8 Å². The number of guanidine groups is 1. The van der Waals surface area contributed by atoms with Crippen LogP contribution in [0.3, 0.4) is 0 Å². The predicted molar refractivity (Wildman–Crippen MR) is 128 cm³/mol. The van der Waals surface area contributed by atoms with E-state index >= 15 is 0 Å². The first kappa shape index (κ1) is 26.0. The Morgan fingerprint density at radius 3 is 2.78 bits per heavy atom. The van der Waals surface area contributed by atoms with Crippen LogP contribution in [-0.4, -0.2) is 51.4 Å². The molecule has 1 aliphatic heterocycles. The van der Waals surface area contributed by atoms with Gasteiger partial charge < -0.3 is 24.8 Å². The average molecular weight is 448 g/mol. The van der Waals surface area contributed by atoms with E-state index in [1.165, 1.54) is 5.56 Å². The molecule has 1 saturated heterocycles. The number of rotatable bonds is 14. The number of aliphatic imine (C=N–C) groups is 1. The molecule has 1 aliphatic rings. The first-order chi connectivity index (χ1) is 15.6. The Morgan fingerprint density at radius 2 is 2.03 bits per heavy atom. The number of benzene rings is 1. The minimum absolute atomic E-state index is 0.0942. The van der Waals surface area contributed by atoms with Crippen molar-refractivity contribution in [2.75, 3.05) is 39.5 Å². The zero-order chi connectivity index (χ0) is 23.0. The number of nitrogens with zero attached hydrogens (tertiary/aromatic N) is 1. The van der Waals surface area contributed by atoms with E-state index in [0.717, 1.165) is 75.7 Å². The maximum absolute atomic E-state index is 11.4. The fraction of sp³-hybridized carbons (Fsp3) is 0.680. The molecule has 2 rings (SSSR count). The zero-order valence-corrected chi connectivity index (χ0v) is 20.1. The van der Waals surface area contributed by atoms with Gasteiger partial charge in [-0.15, -0.1) is 0 Å². The van der Waals surface area contributed by atoms with Crippen LogP contribution in [0.25, 0.3) is 0 Å². The van der Waals surface area contributed by atoms with Gasteiger partial charge in [-0.3, -0.25) is 4.79 Å². The first-order valence-electron chi connectivity index (χ1n) is 12.1. The van der Waals surface area contributed by atoms with E-state index in [1.54, 1.807) is 0 Å². The molecule has 0 aromatic heterocycles. The molecule has 1 fully saturated rings. The van der Waals surface area contributed by atoms with Gasteiger partial charge in [-0.05, 0) is 51.7 Å². The van der Waals surface area contributed by atoms with Gasteiger partial charge in [0.15, 0.2) is 5.96 Å². The highest BCUT2D eigenvalue weighted by Gasteiger charge is 2.17. The molecule has 0 aliphatic carbocycles. The minimum atomic E-state index is -0.0942. The summed E-state index contributed by atoms with van der Waals surface area (Å²) in [6.45, 7) is 11.0. The number of aryl methyl sites for hydroxylation is 1. The van der Waals surface area contributed by atoms with E-state index in [4.69, 9.17) is 19.2 Å². The number of ether oxygens (including phenoxy) is 3. The Hall–Kier alpha value is -2.28. The number of hydrogen-bond donors (Lipinski definition) is 2. The fourth-order valence-corrected chi connectivity index (χ4v) is 3.54. The topological polar surface area (TPSA) is 81.2 Å². The lowest BCUT2D eigenvalue weighted by Gasteiger charge is -2.15. The second-order valence-electron chi connectivity index (χ2n) is 8.24. The highest BCUT2D eigenvalue weighted by atomic mass is 16.5. The summed E-state index contributed by atoms with van der Waals surface area (Å²) in [5, 5.41) is 6.72. The van der Waals surface area contributed by atoms with E-state index in [0.29, 0.717) is 32.1 Å². The van der Waals surface area contributed by atoms with Gasteiger partial charge >= 0.3 is 5.97 Å². The van der Waals surface area contributed by atoms with Crippen LogP contribution >= 0.6 is 0 Å². The smallest absolute Gasteiger partial charge is 0.305 e. The molecule has 32 heavy (non-hydrogen) atoms. The standard InChI is InChI=1S/C25H41N3O4/c1-4-26-25(27-14-9-7-6-8-10-24(29)31-5-2)28-17-22-12-11-20(3)16-23(22)32-19-21-13-15-30-18-21/h11-12,16,21H,4-10,13-15,17-19H2,1-3H3,(H2,26,27,28). The molecule has 1 unspecified atom stereocenters. The van der Waals surface area contributed by atoms with Gasteiger partial charge in [-0.2, -0.15) is 0 Å². The molecular formula is C25H41N3O4. The monoisotopic (exact) mass is 447 g/mol. The number of nitrogens with one attached hydrogen (secondary N) is 2. The van der Waals surface area contributed by atoms with Crippen molar-refractivity contribution < 1.29 is 19.0 Å². The molecule has 7 heteroatoms. The van der Waals surface area contributed by atoms with Gasteiger partial charge in [-0.1, -0.05) is 25.0 Å². The quantitative estimate of drug-likeness (QED) is 0.194. The Morgan fingerprint density at radius 1 is 1.19 bits per heavy atom. The van der Waals surface area contributed by atoms with Crippen LogP contribution in [0.2, 0.25) is 0 Å². The normalized spacial score (nSPS) is 16.1. The molecule has 1 atom stereocenters. The van der Waals surface area contributed by atoms with Crippen LogP contribution in [-0.2, 0) is 20.8 Å². The Bertz CT molecular complexity index is 702. The van der Waals surface area contributed by atoms with Crippen molar-refractivity contribution in [2.45, 2.75) is 65.8 Å². The highest BCUT2D eigenvalue weighted by molar-refractivity contribution is 5.79. The van der Waals surface area contributed by atoms with Gasteiger partial charge in [0, 0.05) is 37.6 Å². The summed E-state index contributed by atoms with van der Waals surface area (Å²) >= 11 is 0. The summed E-state index contributed by atoms with van der Waals surface area (Å²) in [6, 6.07) is 6.30. The van der Waals surface area contributed by atoms with Gasteiger partial charge in [0.25, 0.3) is 0 Å². The van der Waals surface area contributed by atoms with Crippen molar-refractivity contribution in [3.8, 4) is 5.75 Å². The average Bonchev–Trinajstić information content (AvgIpc) is 3.30.